The lowest BCUT2D eigenvalue weighted by Crippen LogP contribution is -2.32. The number of ether oxygens (including phenoxy) is 2. The molecule has 0 radical (unpaired) electrons. The van der Waals surface area contributed by atoms with E-state index in [-0.39, 0.29) is 43.6 Å². The Hall–Kier alpha value is -1.80. The number of rotatable bonds is 8. The Labute approximate surface area is 151 Å². The third-order valence-electron chi connectivity index (χ3n) is 3.65. The van der Waals surface area contributed by atoms with Crippen molar-refractivity contribution in [2.24, 2.45) is 5.92 Å². The molecule has 0 spiro atoms. The number of carbonyl (C=O) groups is 2. The van der Waals surface area contributed by atoms with E-state index in [9.17, 15) is 18.0 Å². The molecule has 25 heavy (non-hydrogen) atoms. The van der Waals surface area contributed by atoms with Gasteiger partial charge in [-0.2, -0.15) is 0 Å². The number of nitrogens with one attached hydrogen (secondary N) is 1. The van der Waals surface area contributed by atoms with Crippen LogP contribution in [0.15, 0.2) is 24.3 Å². The van der Waals surface area contributed by atoms with E-state index >= 15 is 0 Å². The second-order valence-electron chi connectivity index (χ2n) is 5.79. The van der Waals surface area contributed by atoms with Crippen molar-refractivity contribution in [2.75, 3.05) is 31.3 Å². The standard InChI is InChI=1S/C16H20ClNO6S/c17-13-1-3-14(4-2-13)23-7-6-18-15(19)10-24-16(20)9-12-5-8-25(21,22)11-12/h1-4,12H,5-11H2,(H,18,19)/t12-/m0/s1. The van der Waals surface area contributed by atoms with Crippen molar-refractivity contribution >= 4 is 33.3 Å². The predicted octanol–water partition coefficient (Wildman–Crippen LogP) is 1.20. The Balaban J connectivity index is 1.56. The van der Waals surface area contributed by atoms with Crippen molar-refractivity contribution < 1.29 is 27.5 Å². The van der Waals surface area contributed by atoms with Gasteiger partial charge in [-0.3, -0.25) is 9.59 Å². The number of esters is 1. The van der Waals surface area contributed by atoms with E-state index in [1.54, 1.807) is 24.3 Å². The number of carbonyl (C=O) groups excluding carboxylic acids is 2. The second kappa shape index (κ2) is 9.05. The first kappa shape index (κ1) is 19.5. The molecule has 0 aromatic heterocycles. The van der Waals surface area contributed by atoms with Crippen LogP contribution in [0.4, 0.5) is 0 Å². The Kier molecular flexibility index (Phi) is 7.07. The average Bonchev–Trinajstić information content (AvgIpc) is 2.90. The number of benzene rings is 1. The highest BCUT2D eigenvalue weighted by molar-refractivity contribution is 7.91. The monoisotopic (exact) mass is 389 g/mol. The summed E-state index contributed by atoms with van der Waals surface area (Å²) in [6.07, 6.45) is 0.484. The molecule has 1 aromatic rings. The lowest BCUT2D eigenvalue weighted by molar-refractivity contribution is -0.149. The predicted molar refractivity (Wildman–Crippen MR) is 92.3 cm³/mol. The number of amides is 1. The van der Waals surface area contributed by atoms with Crippen molar-refractivity contribution in [1.82, 2.24) is 5.32 Å². The molecule has 1 N–H and O–H groups in total. The highest BCUT2D eigenvalue weighted by Gasteiger charge is 2.29. The Morgan fingerprint density at radius 2 is 1.96 bits per heavy atom. The van der Waals surface area contributed by atoms with E-state index in [1.165, 1.54) is 0 Å². The quantitative estimate of drug-likeness (QED) is 0.530. The summed E-state index contributed by atoms with van der Waals surface area (Å²) in [6, 6.07) is 6.83. The molecule has 0 bridgehead atoms. The maximum absolute atomic E-state index is 11.6. The second-order valence-corrected chi connectivity index (χ2v) is 8.45. The fourth-order valence-electron chi connectivity index (χ4n) is 2.41. The first-order valence-electron chi connectivity index (χ1n) is 7.85. The van der Waals surface area contributed by atoms with Gasteiger partial charge in [0.25, 0.3) is 5.91 Å². The van der Waals surface area contributed by atoms with Crippen LogP contribution in [0.2, 0.25) is 5.02 Å². The topological polar surface area (TPSA) is 98.8 Å². The molecule has 2 rings (SSSR count). The van der Waals surface area contributed by atoms with Crippen molar-refractivity contribution in [1.29, 1.82) is 0 Å². The summed E-state index contributed by atoms with van der Waals surface area (Å²) in [5.74, 6) is -0.457. The fourth-order valence-corrected chi connectivity index (χ4v) is 4.40. The van der Waals surface area contributed by atoms with Crippen LogP contribution in [0.5, 0.6) is 5.75 Å². The van der Waals surface area contributed by atoms with Crippen LogP contribution >= 0.6 is 11.6 Å². The van der Waals surface area contributed by atoms with Crippen molar-refractivity contribution in [3.05, 3.63) is 29.3 Å². The van der Waals surface area contributed by atoms with Gasteiger partial charge in [0.2, 0.25) is 0 Å². The van der Waals surface area contributed by atoms with E-state index < -0.39 is 21.7 Å². The molecule has 1 amide bonds. The molecule has 1 fully saturated rings. The van der Waals surface area contributed by atoms with Gasteiger partial charge < -0.3 is 14.8 Å². The molecule has 0 unspecified atom stereocenters. The van der Waals surface area contributed by atoms with Gasteiger partial charge >= 0.3 is 5.97 Å². The van der Waals surface area contributed by atoms with Gasteiger partial charge in [-0.15, -0.1) is 0 Å². The number of sulfone groups is 1. The molecule has 9 heteroatoms. The van der Waals surface area contributed by atoms with Gasteiger partial charge in [-0.1, -0.05) is 11.6 Å². The Bertz CT molecular complexity index is 704. The molecule has 1 atom stereocenters. The van der Waals surface area contributed by atoms with Crippen molar-refractivity contribution in [3.63, 3.8) is 0 Å². The maximum atomic E-state index is 11.6. The van der Waals surface area contributed by atoms with Crippen LogP contribution < -0.4 is 10.1 Å². The number of halogens is 1. The van der Waals surface area contributed by atoms with Gasteiger partial charge in [0, 0.05) is 11.4 Å². The first-order valence-corrected chi connectivity index (χ1v) is 10.0. The largest absolute Gasteiger partial charge is 0.492 e. The normalized spacial score (nSPS) is 18.5. The first-order chi connectivity index (χ1) is 11.8. The third kappa shape index (κ3) is 7.31. The van der Waals surface area contributed by atoms with Gasteiger partial charge in [0.05, 0.1) is 18.1 Å². The minimum atomic E-state index is -3.02. The van der Waals surface area contributed by atoms with Crippen LogP contribution in [-0.2, 0) is 24.2 Å². The highest BCUT2D eigenvalue weighted by atomic mass is 35.5. The minimum absolute atomic E-state index is 0.0103. The Morgan fingerprint density at radius 1 is 1.24 bits per heavy atom. The smallest absolute Gasteiger partial charge is 0.306 e. The summed E-state index contributed by atoms with van der Waals surface area (Å²) in [6.45, 7) is 0.139. The number of hydrogen-bond donors (Lipinski definition) is 1. The molecule has 1 aromatic carbocycles. The van der Waals surface area contributed by atoms with Crippen LogP contribution in [0.1, 0.15) is 12.8 Å². The molecule has 1 aliphatic heterocycles. The molecule has 0 saturated carbocycles. The summed E-state index contributed by atoms with van der Waals surface area (Å²) in [7, 11) is -3.02. The molecule has 1 saturated heterocycles. The SMILES string of the molecule is O=C(COC(=O)C[C@@H]1CCS(=O)(=O)C1)NCCOc1ccc(Cl)cc1. The van der Waals surface area contributed by atoms with Crippen LogP contribution in [0, 0.1) is 5.92 Å². The van der Waals surface area contributed by atoms with E-state index in [2.05, 4.69) is 5.32 Å². The minimum Gasteiger partial charge on any atom is -0.492 e. The van der Waals surface area contributed by atoms with E-state index in [0.29, 0.717) is 17.2 Å². The van der Waals surface area contributed by atoms with Crippen molar-refractivity contribution in [3.8, 4) is 5.75 Å². The summed E-state index contributed by atoms with van der Waals surface area (Å²) < 4.78 is 32.9. The zero-order valence-corrected chi connectivity index (χ0v) is 15.1. The lowest BCUT2D eigenvalue weighted by atomic mass is 10.1. The zero-order valence-electron chi connectivity index (χ0n) is 13.6. The fraction of sp³-hybridized carbons (Fsp3) is 0.500. The van der Waals surface area contributed by atoms with Crippen LogP contribution in [0.25, 0.3) is 0 Å². The van der Waals surface area contributed by atoms with Gasteiger partial charge in [-0.25, -0.2) is 8.42 Å². The lowest BCUT2D eigenvalue weighted by Gasteiger charge is -2.09. The average molecular weight is 390 g/mol. The summed E-state index contributed by atoms with van der Waals surface area (Å²) in [5.41, 5.74) is 0. The summed E-state index contributed by atoms with van der Waals surface area (Å²) >= 11 is 5.76. The van der Waals surface area contributed by atoms with Crippen LogP contribution in [0.3, 0.4) is 0 Å². The molecule has 7 nitrogen and oxygen atoms in total. The molecule has 138 valence electrons. The summed E-state index contributed by atoms with van der Waals surface area (Å²) in [4.78, 5) is 23.2. The number of hydrogen-bond acceptors (Lipinski definition) is 6. The van der Waals surface area contributed by atoms with Gasteiger partial charge in [-0.05, 0) is 36.6 Å². The van der Waals surface area contributed by atoms with Crippen LogP contribution in [-0.4, -0.2) is 51.6 Å². The maximum Gasteiger partial charge on any atom is 0.306 e. The van der Waals surface area contributed by atoms with Crippen molar-refractivity contribution in [2.45, 2.75) is 12.8 Å². The van der Waals surface area contributed by atoms with Gasteiger partial charge in [0.15, 0.2) is 16.4 Å². The molecular formula is C16H20ClNO6S. The third-order valence-corrected chi connectivity index (χ3v) is 5.74. The highest BCUT2D eigenvalue weighted by Crippen LogP contribution is 2.21. The molecule has 1 aliphatic rings. The van der Waals surface area contributed by atoms with E-state index in [1.807, 2.05) is 0 Å². The van der Waals surface area contributed by atoms with E-state index in [4.69, 9.17) is 21.1 Å². The molecule has 0 aliphatic carbocycles. The summed E-state index contributed by atoms with van der Waals surface area (Å²) in [5, 5.41) is 3.17. The Morgan fingerprint density at radius 3 is 2.60 bits per heavy atom. The molecule has 1 heterocycles. The zero-order chi connectivity index (χ0) is 18.3. The van der Waals surface area contributed by atoms with E-state index in [0.717, 1.165) is 0 Å². The van der Waals surface area contributed by atoms with Gasteiger partial charge in [0.1, 0.15) is 12.4 Å². The molecular weight excluding hydrogens is 370 g/mol.